The standard InChI is InChI=1S/C110H65ClO10/c111-110-103-101-102-104(110)108(74-37-27-69(28-38-74)64-17-7-59(8-18-64)54-89(118)119)96-81-46-44-79-77-42-41-76-78-43-45-80-82-47-49-84-85-50-48-83(81)98(108)100(85)109(110,75-39-29-70(30-40-75)65-19-9-60(10-20-65)55-90(120)121)99(84)97(82)107(103,73-35-25-68(26-36-73)63-15-5-58(6-16-63)53-88(116)117)95(80)93(78)105(101,71-31-21-66(22-32-71)61-11-1-56(2-12-61)51-86(112)113)91(76)92(77)106(102,94(79)96)72-33-23-67(24-34-72)62-13-3-57(4-14-62)52-87(114)115/h1-50H,51-55H2,(H,112,113)(H,114,115)(H,116,117)(H,118,119)(H,120,121)/t105-,106+,107-,108+,109?,110?. The summed E-state index contributed by atoms with van der Waals surface area (Å²) in [5.41, 5.74) is 40.8. The van der Waals surface area contributed by atoms with Gasteiger partial charge in [-0.15, -0.1) is 11.6 Å². The summed E-state index contributed by atoms with van der Waals surface area (Å²) in [7, 11) is 0. The van der Waals surface area contributed by atoms with Gasteiger partial charge < -0.3 is 25.5 Å². The molecular weight excluding hydrogens is 1520 g/mol. The third kappa shape index (κ3) is 7.92. The van der Waals surface area contributed by atoms with Gasteiger partial charge in [0.05, 0.1) is 59.2 Å². The molecule has 11 aliphatic rings. The van der Waals surface area contributed by atoms with Crippen molar-refractivity contribution in [3.8, 4) is 111 Å². The smallest absolute Gasteiger partial charge is 0.307 e. The number of fused-ring (bicyclic) bond motifs is 5. The lowest BCUT2D eigenvalue weighted by molar-refractivity contribution is -0.137. The van der Waals surface area contributed by atoms with E-state index in [2.05, 4.69) is 182 Å². The highest BCUT2D eigenvalue weighted by Gasteiger charge is 2.87. The Morgan fingerprint density at radius 3 is 0.554 bits per heavy atom. The summed E-state index contributed by atoms with van der Waals surface area (Å²) in [4.78, 5) is 59.1. The summed E-state index contributed by atoms with van der Waals surface area (Å²) in [6, 6.07) is 110. The number of aliphatic carboxylic acids is 5. The Balaban J connectivity index is 0.857. The van der Waals surface area contributed by atoms with Gasteiger partial charge in [-0.2, -0.15) is 0 Å². The number of benzene rings is 15. The lowest BCUT2D eigenvalue weighted by atomic mass is 9.40. The Morgan fingerprint density at radius 2 is 0.355 bits per heavy atom. The predicted octanol–water partition coefficient (Wildman–Crippen LogP) is 21.7. The molecule has 0 aliphatic heterocycles. The zero-order chi connectivity index (χ0) is 81.2. The summed E-state index contributed by atoms with van der Waals surface area (Å²) in [6.45, 7) is 0. The molecule has 11 aliphatic carbocycles. The van der Waals surface area contributed by atoms with E-state index in [0.29, 0.717) is 27.8 Å². The van der Waals surface area contributed by atoms with Crippen molar-refractivity contribution in [2.45, 2.75) is 64.1 Å². The van der Waals surface area contributed by atoms with Crippen molar-refractivity contribution in [3.05, 3.63) is 437 Å². The lowest BCUT2D eigenvalue weighted by Gasteiger charge is -2.64. The zero-order valence-corrected chi connectivity index (χ0v) is 65.3. The SMILES string of the molecule is O=C(O)Cc1ccc(-c2ccc(C34c5c6ccc7c5[C@@]5(c8ccc(-c9ccc(CC(=O)O)cc9)cc8)C8=C9C%10=C(C83Cl)[C@@]3(c8ccc(-c%11ccc(CC(=O)O)cc%11)cc8)c8c(ccc-6c84)-c4ccc6c(c43)[C@@]%10(c3ccc(-c4ccc(CC(=O)O)cc4)cc3)c3c-6ccc4c3[C@@]9(c3ccc(-c6ccc(CC(=O)O)cc6)cc3)c3c-4ccc-7c35)cc2)cc1. The van der Waals surface area contributed by atoms with Gasteiger partial charge in [-0.3, -0.25) is 24.0 Å². The van der Waals surface area contributed by atoms with Gasteiger partial charge in [0.25, 0.3) is 0 Å². The molecule has 10 nitrogen and oxygen atoms in total. The molecule has 6 atom stereocenters. The van der Waals surface area contributed by atoms with Crippen LogP contribution < -0.4 is 0 Å². The first kappa shape index (κ1) is 68.5. The van der Waals surface area contributed by atoms with Crippen molar-refractivity contribution >= 4 is 41.4 Å². The van der Waals surface area contributed by atoms with Crippen molar-refractivity contribution < 1.29 is 49.5 Å². The molecule has 11 heteroatoms. The molecule has 2 unspecified atom stereocenters. The molecular formula is C110H65ClO10. The second kappa shape index (κ2) is 23.0. The molecule has 26 rings (SSSR count). The molecule has 15 aromatic rings. The van der Waals surface area contributed by atoms with E-state index < -0.39 is 61.8 Å². The summed E-state index contributed by atoms with van der Waals surface area (Å²) in [6.07, 6.45) is -0.484. The number of allylic oxidation sites excluding steroid dienone is 4. The summed E-state index contributed by atoms with van der Waals surface area (Å²) in [5.74, 6) is -4.48. The van der Waals surface area contributed by atoms with Crippen LogP contribution in [0.2, 0.25) is 0 Å². The lowest BCUT2D eigenvalue weighted by Crippen LogP contribution is -2.65. The van der Waals surface area contributed by atoms with Crippen LogP contribution in [0.5, 0.6) is 0 Å². The first-order valence-corrected chi connectivity index (χ1v) is 41.5. The third-order valence-corrected chi connectivity index (χ3v) is 30.1. The van der Waals surface area contributed by atoms with E-state index in [9.17, 15) is 61.1 Å². The molecule has 0 aromatic heterocycles. The maximum absolute atomic E-state index is 12.1. The minimum atomic E-state index is -1.57. The zero-order valence-electron chi connectivity index (χ0n) is 64.6. The number of carboxylic acids is 5. The molecule has 0 bridgehead atoms. The van der Waals surface area contributed by atoms with Crippen LogP contribution in [0.1, 0.15) is 111 Å². The second-order valence-electron chi connectivity index (χ2n) is 34.7. The molecule has 0 fully saturated rings. The Labute approximate surface area is 698 Å². The highest BCUT2D eigenvalue weighted by atomic mass is 35.5. The molecule has 0 radical (unpaired) electrons. The van der Waals surface area contributed by atoms with Gasteiger partial charge >= 0.3 is 29.8 Å². The Bertz CT molecular complexity index is 7110. The van der Waals surface area contributed by atoms with E-state index in [1.807, 2.05) is 121 Å². The van der Waals surface area contributed by atoms with E-state index in [4.69, 9.17) is 0 Å². The Morgan fingerprint density at radius 1 is 0.198 bits per heavy atom. The monoisotopic (exact) mass is 1580 g/mol. The normalized spacial score (nSPS) is 21.4. The molecule has 0 saturated heterocycles. The molecule has 0 heterocycles. The van der Waals surface area contributed by atoms with Crippen molar-refractivity contribution in [1.82, 2.24) is 0 Å². The number of carboxylic acid groups (broad SMARTS) is 5. The van der Waals surface area contributed by atoms with E-state index in [1.54, 1.807) is 0 Å². The molecule has 5 N–H and O–H groups in total. The maximum atomic E-state index is 12.1. The number of halogens is 1. The summed E-state index contributed by atoms with van der Waals surface area (Å²) >= 11 is 10.9. The largest absolute Gasteiger partial charge is 0.481 e. The van der Waals surface area contributed by atoms with Crippen LogP contribution >= 0.6 is 11.6 Å². The first-order valence-electron chi connectivity index (χ1n) is 41.1. The fourth-order valence-electron chi connectivity index (χ4n) is 25.6. The molecule has 121 heavy (non-hydrogen) atoms. The highest BCUT2D eigenvalue weighted by molar-refractivity contribution is 6.35. The van der Waals surface area contributed by atoms with Crippen LogP contribution in [0.3, 0.4) is 0 Å². The van der Waals surface area contributed by atoms with Crippen LogP contribution in [0.25, 0.3) is 111 Å². The number of alkyl halides is 1. The molecule has 572 valence electrons. The predicted molar refractivity (Wildman–Crippen MR) is 465 cm³/mol. The van der Waals surface area contributed by atoms with Crippen molar-refractivity contribution in [1.29, 1.82) is 0 Å². The second-order valence-corrected chi connectivity index (χ2v) is 35.3. The van der Waals surface area contributed by atoms with Gasteiger partial charge in [0.15, 0.2) is 0 Å². The minimum absolute atomic E-state index is 0.0953. The van der Waals surface area contributed by atoms with Gasteiger partial charge in [-0.25, -0.2) is 0 Å². The number of carbonyl (C=O) groups is 5. The molecule has 0 amide bonds. The van der Waals surface area contributed by atoms with Crippen LogP contribution in [0, 0.1) is 0 Å². The number of hydrogen-bond acceptors (Lipinski definition) is 5. The molecule has 0 saturated carbocycles. The Hall–Kier alpha value is -14.6. The van der Waals surface area contributed by atoms with Crippen LogP contribution in [0.15, 0.2) is 326 Å². The van der Waals surface area contributed by atoms with Crippen LogP contribution in [0.4, 0.5) is 0 Å². The van der Waals surface area contributed by atoms with Crippen molar-refractivity contribution in [2.75, 3.05) is 0 Å². The average Bonchev–Trinajstić information content (AvgIpc) is 1.39. The van der Waals surface area contributed by atoms with Gasteiger partial charge in [0.1, 0.15) is 4.87 Å². The maximum Gasteiger partial charge on any atom is 0.307 e. The topological polar surface area (TPSA) is 186 Å². The van der Waals surface area contributed by atoms with Crippen molar-refractivity contribution in [2.24, 2.45) is 0 Å². The van der Waals surface area contributed by atoms with E-state index in [-0.39, 0.29) is 32.1 Å². The number of rotatable bonds is 20. The quantitative estimate of drug-likeness (QED) is 0.0460. The van der Waals surface area contributed by atoms with E-state index >= 15 is 0 Å². The average molecular weight is 1580 g/mol. The third-order valence-electron chi connectivity index (χ3n) is 29.5. The fourth-order valence-corrected chi connectivity index (χ4v) is 26.4. The minimum Gasteiger partial charge on any atom is -0.481 e. The molecule has 0 spiro atoms. The first-order chi connectivity index (χ1) is 58.9. The fraction of sp³-hybridized carbons (Fsp3) is 0.100. The van der Waals surface area contributed by atoms with E-state index in [0.717, 1.165) is 150 Å². The summed E-state index contributed by atoms with van der Waals surface area (Å²) < 4.78 is 0. The molecule has 15 aromatic carbocycles. The van der Waals surface area contributed by atoms with Gasteiger partial charge in [-0.05, 0) is 245 Å². The van der Waals surface area contributed by atoms with Gasteiger partial charge in [0.2, 0.25) is 0 Å². The Kier molecular flexibility index (Phi) is 13.0. The highest BCUT2D eigenvalue weighted by Crippen LogP contribution is 2.92. The summed E-state index contributed by atoms with van der Waals surface area (Å²) in [5, 5.41) is 49.8. The van der Waals surface area contributed by atoms with Crippen molar-refractivity contribution in [3.63, 3.8) is 0 Å². The number of hydrogen-bond donors (Lipinski definition) is 5. The van der Waals surface area contributed by atoms with Gasteiger partial charge in [-0.1, -0.05) is 303 Å². The van der Waals surface area contributed by atoms with Crippen LogP contribution in [-0.2, 0) is 83.2 Å². The van der Waals surface area contributed by atoms with Crippen LogP contribution in [-0.4, -0.2) is 60.3 Å². The van der Waals surface area contributed by atoms with Gasteiger partial charge in [0, 0.05) is 0 Å². The van der Waals surface area contributed by atoms with E-state index in [1.165, 1.54) is 66.8 Å².